The summed E-state index contributed by atoms with van der Waals surface area (Å²) in [5.74, 6) is 1.90. The molecule has 0 aliphatic heterocycles. The van der Waals surface area contributed by atoms with Crippen LogP contribution in [-0.4, -0.2) is 18.5 Å². The van der Waals surface area contributed by atoms with Crippen molar-refractivity contribution in [2.75, 3.05) is 18.5 Å². The molecule has 0 aromatic carbocycles. The van der Waals surface area contributed by atoms with Crippen molar-refractivity contribution in [1.29, 1.82) is 0 Å². The molecule has 14 heavy (non-hydrogen) atoms. The van der Waals surface area contributed by atoms with E-state index < -0.39 is 0 Å². The van der Waals surface area contributed by atoms with Gasteiger partial charge in [0.2, 0.25) is 0 Å². The Morgan fingerprint density at radius 2 is 2.07 bits per heavy atom. The first-order valence-electron chi connectivity index (χ1n) is 6.02. The summed E-state index contributed by atoms with van der Waals surface area (Å²) in [6, 6.07) is 0. The number of ether oxygens (including phenoxy) is 1. The zero-order valence-electron chi connectivity index (χ0n) is 9.30. The lowest BCUT2D eigenvalue weighted by Crippen LogP contribution is -2.14. The summed E-state index contributed by atoms with van der Waals surface area (Å²) in [4.78, 5) is 0. The number of alkyl halides is 1. The highest BCUT2D eigenvalue weighted by Gasteiger charge is 2.23. The minimum Gasteiger partial charge on any atom is -0.382 e. The Kier molecular flexibility index (Phi) is 6.88. The highest BCUT2D eigenvalue weighted by molar-refractivity contribution is 9.09. The van der Waals surface area contributed by atoms with E-state index in [0.717, 1.165) is 25.0 Å². The molecule has 0 bridgehead atoms. The van der Waals surface area contributed by atoms with Gasteiger partial charge < -0.3 is 4.74 Å². The summed E-state index contributed by atoms with van der Waals surface area (Å²) >= 11 is 3.65. The van der Waals surface area contributed by atoms with Gasteiger partial charge >= 0.3 is 0 Å². The van der Waals surface area contributed by atoms with Crippen LogP contribution < -0.4 is 0 Å². The summed E-state index contributed by atoms with van der Waals surface area (Å²) in [5, 5.41) is 1.18. The Labute approximate surface area is 96.7 Å². The molecule has 1 atom stereocenters. The number of hydrogen-bond donors (Lipinski definition) is 0. The van der Waals surface area contributed by atoms with Crippen molar-refractivity contribution in [3.63, 3.8) is 0 Å². The van der Waals surface area contributed by atoms with E-state index in [1.165, 1.54) is 43.9 Å². The normalized spacial score (nSPS) is 20.1. The average molecular weight is 263 g/mol. The second-order valence-corrected chi connectivity index (χ2v) is 4.95. The van der Waals surface area contributed by atoms with Crippen LogP contribution in [0.25, 0.3) is 0 Å². The maximum atomic E-state index is 5.38. The fraction of sp³-hybridized carbons (Fsp3) is 1.00. The minimum atomic E-state index is 0.863. The van der Waals surface area contributed by atoms with E-state index in [0.29, 0.717) is 0 Å². The Bertz CT molecular complexity index is 132. The largest absolute Gasteiger partial charge is 0.382 e. The van der Waals surface area contributed by atoms with E-state index in [1.54, 1.807) is 0 Å². The van der Waals surface area contributed by atoms with Gasteiger partial charge in [-0.2, -0.15) is 0 Å². The smallest absolute Gasteiger partial charge is 0.0466 e. The second kappa shape index (κ2) is 7.70. The third-order valence-electron chi connectivity index (χ3n) is 3.33. The van der Waals surface area contributed by atoms with Crippen molar-refractivity contribution in [3.05, 3.63) is 0 Å². The molecule has 84 valence electrons. The Morgan fingerprint density at radius 1 is 1.36 bits per heavy atom. The van der Waals surface area contributed by atoms with E-state index in [2.05, 4.69) is 22.9 Å². The van der Waals surface area contributed by atoms with E-state index in [4.69, 9.17) is 4.74 Å². The standard InChI is InChI=1S/C12H23BrO/c1-2-14-9-5-8-12(10-13)11-6-3-4-7-11/h11-12H,2-10H2,1H3. The van der Waals surface area contributed by atoms with Crippen LogP contribution in [0.5, 0.6) is 0 Å². The molecule has 1 aliphatic carbocycles. The van der Waals surface area contributed by atoms with Crippen molar-refractivity contribution >= 4 is 15.9 Å². The van der Waals surface area contributed by atoms with Crippen LogP contribution in [-0.2, 0) is 4.74 Å². The number of rotatable bonds is 7. The average Bonchev–Trinajstić information content (AvgIpc) is 2.71. The van der Waals surface area contributed by atoms with Gasteiger partial charge in [0.25, 0.3) is 0 Å². The maximum absolute atomic E-state index is 5.38. The molecule has 0 aromatic heterocycles. The molecular formula is C12H23BrO. The van der Waals surface area contributed by atoms with Gasteiger partial charge in [-0.15, -0.1) is 0 Å². The second-order valence-electron chi connectivity index (χ2n) is 4.30. The number of halogens is 1. The van der Waals surface area contributed by atoms with Crippen LogP contribution in [0.2, 0.25) is 0 Å². The van der Waals surface area contributed by atoms with Gasteiger partial charge in [0.05, 0.1) is 0 Å². The topological polar surface area (TPSA) is 9.23 Å². The van der Waals surface area contributed by atoms with Gasteiger partial charge in [0.15, 0.2) is 0 Å². The molecule has 2 heteroatoms. The molecule has 1 fully saturated rings. The molecule has 0 radical (unpaired) electrons. The van der Waals surface area contributed by atoms with Crippen LogP contribution in [0.15, 0.2) is 0 Å². The van der Waals surface area contributed by atoms with Crippen LogP contribution >= 0.6 is 15.9 Å². The Hall–Kier alpha value is 0.440. The molecular weight excluding hydrogens is 240 g/mol. The first-order valence-corrected chi connectivity index (χ1v) is 7.14. The predicted octanol–water partition coefficient (Wildman–Crippen LogP) is 4.00. The van der Waals surface area contributed by atoms with E-state index in [-0.39, 0.29) is 0 Å². The highest BCUT2D eigenvalue weighted by Crippen LogP contribution is 2.34. The van der Waals surface area contributed by atoms with Gasteiger partial charge in [0, 0.05) is 18.5 Å². The first kappa shape index (κ1) is 12.5. The van der Waals surface area contributed by atoms with E-state index in [9.17, 15) is 0 Å². The lowest BCUT2D eigenvalue weighted by atomic mass is 9.89. The lowest BCUT2D eigenvalue weighted by molar-refractivity contribution is 0.137. The summed E-state index contributed by atoms with van der Waals surface area (Å²) in [6.45, 7) is 3.88. The number of hydrogen-bond acceptors (Lipinski definition) is 1. The third-order valence-corrected chi connectivity index (χ3v) is 4.16. The molecule has 1 rings (SSSR count). The zero-order valence-corrected chi connectivity index (χ0v) is 10.9. The van der Waals surface area contributed by atoms with Crippen LogP contribution in [0.3, 0.4) is 0 Å². The first-order chi connectivity index (χ1) is 6.88. The highest BCUT2D eigenvalue weighted by atomic mass is 79.9. The molecule has 0 spiro atoms. The fourth-order valence-corrected chi connectivity index (χ4v) is 3.31. The van der Waals surface area contributed by atoms with Gasteiger partial charge in [-0.25, -0.2) is 0 Å². The van der Waals surface area contributed by atoms with Crippen LogP contribution in [0, 0.1) is 11.8 Å². The molecule has 0 N–H and O–H groups in total. The van der Waals surface area contributed by atoms with E-state index >= 15 is 0 Å². The third kappa shape index (κ3) is 4.31. The Balaban J connectivity index is 2.11. The van der Waals surface area contributed by atoms with Crippen molar-refractivity contribution in [2.45, 2.75) is 45.4 Å². The van der Waals surface area contributed by atoms with Crippen LogP contribution in [0.1, 0.15) is 45.4 Å². The van der Waals surface area contributed by atoms with E-state index in [1.807, 2.05) is 0 Å². The van der Waals surface area contributed by atoms with Gasteiger partial charge in [-0.3, -0.25) is 0 Å². The van der Waals surface area contributed by atoms with Crippen LogP contribution in [0.4, 0.5) is 0 Å². The monoisotopic (exact) mass is 262 g/mol. The summed E-state index contributed by atoms with van der Waals surface area (Å²) < 4.78 is 5.38. The van der Waals surface area contributed by atoms with Crippen molar-refractivity contribution in [3.8, 4) is 0 Å². The predicted molar refractivity (Wildman–Crippen MR) is 65.0 cm³/mol. The fourth-order valence-electron chi connectivity index (χ4n) is 2.46. The molecule has 0 heterocycles. The summed E-state index contributed by atoms with van der Waals surface area (Å²) in [5.41, 5.74) is 0. The molecule has 1 saturated carbocycles. The molecule has 1 unspecified atom stereocenters. The summed E-state index contributed by atoms with van der Waals surface area (Å²) in [7, 11) is 0. The van der Waals surface area contributed by atoms with Crippen molar-refractivity contribution < 1.29 is 4.74 Å². The van der Waals surface area contributed by atoms with Gasteiger partial charge in [0.1, 0.15) is 0 Å². The summed E-state index contributed by atoms with van der Waals surface area (Å²) in [6.07, 6.45) is 8.42. The van der Waals surface area contributed by atoms with Crippen molar-refractivity contribution in [2.24, 2.45) is 11.8 Å². The molecule has 0 amide bonds. The Morgan fingerprint density at radius 3 is 2.64 bits per heavy atom. The molecule has 1 nitrogen and oxygen atoms in total. The van der Waals surface area contributed by atoms with Gasteiger partial charge in [-0.1, -0.05) is 41.6 Å². The van der Waals surface area contributed by atoms with Crippen molar-refractivity contribution in [1.82, 2.24) is 0 Å². The zero-order chi connectivity index (χ0) is 10.2. The molecule has 0 aromatic rings. The molecule has 0 saturated heterocycles. The minimum absolute atomic E-state index is 0.863. The lowest BCUT2D eigenvalue weighted by Gasteiger charge is -2.20. The molecule has 1 aliphatic rings. The maximum Gasteiger partial charge on any atom is 0.0466 e. The SMILES string of the molecule is CCOCCCC(CBr)C1CCCC1. The quantitative estimate of drug-likeness (QED) is 0.498. The van der Waals surface area contributed by atoms with Gasteiger partial charge in [-0.05, 0) is 31.6 Å².